The van der Waals surface area contributed by atoms with Crippen LogP contribution in [0, 0.1) is 17.5 Å². The largest absolute Gasteiger partial charge is 0.350 e. The van der Waals surface area contributed by atoms with Crippen molar-refractivity contribution in [1.29, 1.82) is 0 Å². The van der Waals surface area contributed by atoms with Crippen LogP contribution in [0.3, 0.4) is 0 Å². The number of nitrogens with zero attached hydrogens (tertiary/aromatic N) is 4. The van der Waals surface area contributed by atoms with Crippen molar-refractivity contribution in [1.82, 2.24) is 19.2 Å². The van der Waals surface area contributed by atoms with Gasteiger partial charge >= 0.3 is 5.69 Å². The molecule has 0 spiro atoms. The van der Waals surface area contributed by atoms with Gasteiger partial charge < -0.3 is 0 Å². The Morgan fingerprint density at radius 3 is 2.67 bits per heavy atom. The normalized spacial score (nSPS) is 11.2. The van der Waals surface area contributed by atoms with E-state index in [1.54, 1.807) is 12.1 Å². The molecule has 0 saturated carbocycles. The van der Waals surface area contributed by atoms with Crippen LogP contribution in [-0.4, -0.2) is 19.2 Å². The summed E-state index contributed by atoms with van der Waals surface area (Å²) in [6.07, 6.45) is 2.90. The molecule has 4 aromatic rings. The average molecular weight is 388 g/mol. The van der Waals surface area contributed by atoms with Crippen LogP contribution < -0.4 is 5.69 Å². The predicted molar refractivity (Wildman–Crippen MR) is 93.2 cm³/mol. The first-order chi connectivity index (χ1) is 13.0. The summed E-state index contributed by atoms with van der Waals surface area (Å²) >= 11 is 1.17. The predicted octanol–water partition coefficient (Wildman–Crippen LogP) is 3.51. The van der Waals surface area contributed by atoms with E-state index in [1.165, 1.54) is 46.8 Å². The molecule has 136 valence electrons. The second kappa shape index (κ2) is 6.92. The Hall–Kier alpha value is -3.07. The van der Waals surface area contributed by atoms with Gasteiger partial charge in [0.05, 0.1) is 6.54 Å². The van der Waals surface area contributed by atoms with Gasteiger partial charge in [0.15, 0.2) is 17.3 Å². The van der Waals surface area contributed by atoms with E-state index < -0.39 is 17.3 Å². The molecule has 0 bridgehead atoms. The van der Waals surface area contributed by atoms with Gasteiger partial charge in [-0.15, -0.1) is 5.10 Å². The van der Waals surface area contributed by atoms with E-state index in [0.29, 0.717) is 21.1 Å². The van der Waals surface area contributed by atoms with Crippen LogP contribution in [0.4, 0.5) is 13.2 Å². The fraction of sp³-hybridized carbons (Fsp3) is 0.0556. The topological polar surface area (TPSA) is 52.2 Å². The molecule has 0 amide bonds. The molecule has 9 heteroatoms. The van der Waals surface area contributed by atoms with Gasteiger partial charge in [-0.1, -0.05) is 23.9 Å². The van der Waals surface area contributed by atoms with Crippen molar-refractivity contribution in [2.45, 2.75) is 16.5 Å². The number of hydrogen-bond donors (Lipinski definition) is 0. The lowest BCUT2D eigenvalue weighted by Gasteiger charge is -2.02. The summed E-state index contributed by atoms with van der Waals surface area (Å²) in [5.41, 5.74) is 0.240. The second-order valence-corrected chi connectivity index (χ2v) is 6.74. The van der Waals surface area contributed by atoms with Crippen molar-refractivity contribution >= 4 is 17.4 Å². The van der Waals surface area contributed by atoms with Crippen molar-refractivity contribution < 1.29 is 13.2 Å². The molecular formula is C18H11F3N4OS. The molecule has 2 aromatic carbocycles. The first kappa shape index (κ1) is 17.3. The average Bonchev–Trinajstić information content (AvgIpc) is 2.95. The minimum absolute atomic E-state index is 0.0260. The van der Waals surface area contributed by atoms with Crippen LogP contribution in [0.25, 0.3) is 5.65 Å². The van der Waals surface area contributed by atoms with E-state index >= 15 is 0 Å². The third-order valence-electron chi connectivity index (χ3n) is 3.80. The zero-order chi connectivity index (χ0) is 19.0. The maximum Gasteiger partial charge on any atom is 0.350 e. The van der Waals surface area contributed by atoms with Gasteiger partial charge in [-0.25, -0.2) is 32.0 Å². The van der Waals surface area contributed by atoms with E-state index in [4.69, 9.17) is 0 Å². The van der Waals surface area contributed by atoms with E-state index in [-0.39, 0.29) is 12.4 Å². The summed E-state index contributed by atoms with van der Waals surface area (Å²) in [6.45, 7) is -0.0260. The molecule has 0 fully saturated rings. The van der Waals surface area contributed by atoms with Crippen LogP contribution >= 0.6 is 11.8 Å². The molecule has 2 aromatic heterocycles. The minimum atomic E-state index is -0.992. The van der Waals surface area contributed by atoms with Crippen molar-refractivity contribution in [3.8, 4) is 0 Å². The fourth-order valence-electron chi connectivity index (χ4n) is 2.55. The molecule has 0 aliphatic rings. The van der Waals surface area contributed by atoms with Gasteiger partial charge in [0.1, 0.15) is 10.8 Å². The summed E-state index contributed by atoms with van der Waals surface area (Å²) in [4.78, 5) is 17.4. The molecule has 5 nitrogen and oxygen atoms in total. The highest BCUT2D eigenvalue weighted by molar-refractivity contribution is 7.99. The first-order valence-electron chi connectivity index (χ1n) is 7.83. The van der Waals surface area contributed by atoms with Crippen LogP contribution in [0.1, 0.15) is 5.56 Å². The Labute approximate surface area is 155 Å². The van der Waals surface area contributed by atoms with Gasteiger partial charge in [0, 0.05) is 17.3 Å². The van der Waals surface area contributed by atoms with E-state index in [1.807, 2.05) is 0 Å². The molecule has 4 rings (SSSR count). The highest BCUT2D eigenvalue weighted by Crippen LogP contribution is 2.28. The SMILES string of the molecule is O=c1n(Cc2ccc(F)c(F)c2)nc2c(Sc3cccc(F)c3)nccn12. The number of halogens is 3. The number of rotatable bonds is 4. The smallest absolute Gasteiger partial charge is 0.246 e. The lowest BCUT2D eigenvalue weighted by atomic mass is 10.2. The standard InChI is InChI=1S/C18H11F3N4OS/c19-12-2-1-3-13(9-12)27-17-16-23-25(18(26)24(16)7-6-22-17)10-11-4-5-14(20)15(21)8-11/h1-9H,10H2. The third-order valence-corrected chi connectivity index (χ3v) is 4.77. The molecule has 0 aliphatic carbocycles. The Balaban J connectivity index is 1.72. The van der Waals surface area contributed by atoms with Crippen LogP contribution in [0.5, 0.6) is 0 Å². The fourth-order valence-corrected chi connectivity index (χ4v) is 3.44. The number of hydrogen-bond acceptors (Lipinski definition) is 4. The molecule has 0 N–H and O–H groups in total. The van der Waals surface area contributed by atoms with Crippen LogP contribution in [0.2, 0.25) is 0 Å². The Morgan fingerprint density at radius 1 is 1.04 bits per heavy atom. The van der Waals surface area contributed by atoms with Gasteiger partial charge in [0.2, 0.25) is 0 Å². The molecule has 0 aliphatic heterocycles. The summed E-state index contributed by atoms with van der Waals surface area (Å²) in [5.74, 6) is -2.33. The maximum atomic E-state index is 13.4. The minimum Gasteiger partial charge on any atom is -0.246 e. The maximum absolute atomic E-state index is 13.4. The summed E-state index contributed by atoms with van der Waals surface area (Å²) in [5, 5.41) is 4.67. The van der Waals surface area contributed by atoms with Crippen LogP contribution in [0.15, 0.2) is 69.6 Å². The Bertz CT molecular complexity index is 1200. The quantitative estimate of drug-likeness (QED) is 0.537. The molecule has 2 heterocycles. The zero-order valence-corrected chi connectivity index (χ0v) is 14.5. The van der Waals surface area contributed by atoms with Gasteiger partial charge in [0.25, 0.3) is 0 Å². The molecule has 0 radical (unpaired) electrons. The molecule has 0 unspecified atom stereocenters. The molecule has 27 heavy (non-hydrogen) atoms. The lowest BCUT2D eigenvalue weighted by molar-refractivity contribution is 0.505. The number of benzene rings is 2. The molecule has 0 saturated heterocycles. The number of aromatic nitrogens is 4. The first-order valence-corrected chi connectivity index (χ1v) is 8.64. The Kier molecular flexibility index (Phi) is 4.44. The monoisotopic (exact) mass is 388 g/mol. The van der Waals surface area contributed by atoms with E-state index in [0.717, 1.165) is 16.8 Å². The Morgan fingerprint density at radius 2 is 1.89 bits per heavy atom. The van der Waals surface area contributed by atoms with Crippen molar-refractivity contribution in [3.63, 3.8) is 0 Å². The highest BCUT2D eigenvalue weighted by atomic mass is 32.2. The highest BCUT2D eigenvalue weighted by Gasteiger charge is 2.14. The third kappa shape index (κ3) is 3.45. The summed E-state index contributed by atoms with van der Waals surface area (Å²) < 4.78 is 42.3. The van der Waals surface area contributed by atoms with E-state index in [9.17, 15) is 18.0 Å². The second-order valence-electron chi connectivity index (χ2n) is 5.67. The van der Waals surface area contributed by atoms with Crippen molar-refractivity contribution in [3.05, 3.63) is 88.4 Å². The number of fused-ring (bicyclic) bond motifs is 1. The molecular weight excluding hydrogens is 377 g/mol. The van der Waals surface area contributed by atoms with Gasteiger partial charge in [-0.2, -0.15) is 0 Å². The summed E-state index contributed by atoms with van der Waals surface area (Å²) in [7, 11) is 0. The van der Waals surface area contributed by atoms with Gasteiger partial charge in [-0.3, -0.25) is 0 Å². The van der Waals surface area contributed by atoms with Gasteiger partial charge in [-0.05, 0) is 35.9 Å². The molecule has 0 atom stereocenters. The lowest BCUT2D eigenvalue weighted by Crippen LogP contribution is -2.21. The van der Waals surface area contributed by atoms with Crippen LogP contribution in [-0.2, 0) is 6.54 Å². The van der Waals surface area contributed by atoms with E-state index in [2.05, 4.69) is 10.1 Å². The summed E-state index contributed by atoms with van der Waals surface area (Å²) in [6, 6.07) is 9.38. The van der Waals surface area contributed by atoms with Crippen molar-refractivity contribution in [2.75, 3.05) is 0 Å². The van der Waals surface area contributed by atoms with Crippen molar-refractivity contribution in [2.24, 2.45) is 0 Å². The zero-order valence-electron chi connectivity index (χ0n) is 13.6.